The number of pyridine rings is 1. The van der Waals surface area contributed by atoms with E-state index in [0.717, 1.165) is 0 Å². The molecule has 0 radical (unpaired) electrons. The van der Waals surface area contributed by atoms with Gasteiger partial charge in [0, 0.05) is 30.0 Å². The maximum Gasteiger partial charge on any atom is 0.492 e. The van der Waals surface area contributed by atoms with E-state index in [1.807, 2.05) is 0 Å². The summed E-state index contributed by atoms with van der Waals surface area (Å²) < 4.78 is 50.1. The predicted octanol–water partition coefficient (Wildman–Crippen LogP) is 3.22. The molecule has 2 heterocycles. The Balaban J connectivity index is 1.74. The summed E-state index contributed by atoms with van der Waals surface area (Å²) in [6, 6.07) is 5.90. The van der Waals surface area contributed by atoms with Crippen LogP contribution in [-0.4, -0.2) is 23.1 Å². The molecule has 10 heteroatoms. The number of halogens is 4. The van der Waals surface area contributed by atoms with Gasteiger partial charge in [0.15, 0.2) is 11.5 Å². The summed E-state index contributed by atoms with van der Waals surface area (Å²) >= 11 is 5.73. The summed E-state index contributed by atoms with van der Waals surface area (Å²) in [6.07, 6.45) is -2.03. The first kappa shape index (κ1) is 17.2. The average Bonchev–Trinajstić information content (AvgIpc) is 2.92. The molecule has 132 valence electrons. The van der Waals surface area contributed by atoms with Crippen molar-refractivity contribution >= 4 is 17.6 Å². The Morgan fingerprint density at radius 1 is 1.24 bits per heavy atom. The van der Waals surface area contributed by atoms with Gasteiger partial charge in [-0.25, -0.2) is 4.79 Å². The second-order valence-corrected chi connectivity index (χ2v) is 5.51. The van der Waals surface area contributed by atoms with Crippen LogP contribution in [0.15, 0.2) is 42.7 Å². The lowest BCUT2D eigenvalue weighted by Crippen LogP contribution is -2.66. The highest BCUT2D eigenvalue weighted by Gasteiger charge is 2.65. The van der Waals surface area contributed by atoms with Crippen molar-refractivity contribution in [2.24, 2.45) is 0 Å². The number of aromatic nitrogens is 1. The van der Waals surface area contributed by atoms with Crippen molar-refractivity contribution in [3.63, 3.8) is 0 Å². The quantitative estimate of drug-likeness (QED) is 0.866. The molecule has 0 spiro atoms. The fraction of sp³-hybridized carbons (Fsp3) is 0.200. The number of hydrogen-bond donors (Lipinski definition) is 2. The monoisotopic (exact) mass is 373 g/mol. The standard InChI is InChI=1S/C15H11ClF3N3O3/c16-10-3-4-11-12(6-10)25-15(24-11,14(17,18)19)22-13(23)21-8-9-2-1-5-20-7-9/h1-7H,8H2,(H2,21,22,23)/t15-/m0/s1. The molecule has 6 nitrogen and oxygen atoms in total. The lowest BCUT2D eigenvalue weighted by molar-refractivity contribution is -0.317. The van der Waals surface area contributed by atoms with Crippen LogP contribution < -0.4 is 20.1 Å². The summed E-state index contributed by atoms with van der Waals surface area (Å²) in [6.45, 7) is -0.0214. The number of nitrogens with one attached hydrogen (secondary N) is 2. The van der Waals surface area contributed by atoms with Crippen molar-refractivity contribution in [2.75, 3.05) is 0 Å². The number of rotatable bonds is 3. The van der Waals surface area contributed by atoms with E-state index < -0.39 is 18.1 Å². The number of fused-ring (bicyclic) bond motifs is 1. The number of ether oxygens (including phenoxy) is 2. The van der Waals surface area contributed by atoms with Gasteiger partial charge in [-0.15, -0.1) is 0 Å². The molecule has 25 heavy (non-hydrogen) atoms. The third-order valence-electron chi connectivity index (χ3n) is 3.24. The van der Waals surface area contributed by atoms with Crippen molar-refractivity contribution in [3.8, 4) is 11.5 Å². The second-order valence-electron chi connectivity index (χ2n) is 5.08. The maximum atomic E-state index is 13.5. The molecule has 1 aliphatic heterocycles. The molecule has 0 saturated heterocycles. The number of urea groups is 1. The Morgan fingerprint density at radius 3 is 2.68 bits per heavy atom. The van der Waals surface area contributed by atoms with E-state index >= 15 is 0 Å². The minimum atomic E-state index is -5.04. The van der Waals surface area contributed by atoms with Crippen molar-refractivity contribution in [1.82, 2.24) is 15.6 Å². The fourth-order valence-electron chi connectivity index (χ4n) is 2.09. The third kappa shape index (κ3) is 3.55. The molecular weight excluding hydrogens is 363 g/mol. The van der Waals surface area contributed by atoms with E-state index in [1.54, 1.807) is 17.4 Å². The third-order valence-corrected chi connectivity index (χ3v) is 3.48. The van der Waals surface area contributed by atoms with E-state index in [-0.39, 0.29) is 23.1 Å². The maximum absolute atomic E-state index is 13.5. The number of carbonyl (C=O) groups excluding carboxylic acids is 1. The number of amides is 2. The lowest BCUT2D eigenvalue weighted by Gasteiger charge is -2.29. The molecule has 1 aromatic heterocycles. The summed E-state index contributed by atoms with van der Waals surface area (Å²) in [5, 5.41) is 4.14. The van der Waals surface area contributed by atoms with E-state index in [9.17, 15) is 18.0 Å². The number of carbonyl (C=O) groups is 1. The van der Waals surface area contributed by atoms with Gasteiger partial charge in [-0.2, -0.15) is 13.2 Å². The predicted molar refractivity (Wildman–Crippen MR) is 81.1 cm³/mol. The molecule has 0 fully saturated rings. The van der Waals surface area contributed by atoms with Gasteiger partial charge in [-0.1, -0.05) is 17.7 Å². The summed E-state index contributed by atoms with van der Waals surface area (Å²) in [7, 11) is 0. The first-order valence-corrected chi connectivity index (χ1v) is 7.36. The molecular formula is C15H11ClF3N3O3. The summed E-state index contributed by atoms with van der Waals surface area (Å²) in [5.74, 6) is -3.74. The van der Waals surface area contributed by atoms with E-state index in [4.69, 9.17) is 21.1 Å². The van der Waals surface area contributed by atoms with Crippen LogP contribution in [0.1, 0.15) is 5.56 Å². The van der Waals surface area contributed by atoms with Crippen LogP contribution in [0, 0.1) is 0 Å². The van der Waals surface area contributed by atoms with Crippen LogP contribution in [0.2, 0.25) is 5.02 Å². The molecule has 1 aromatic carbocycles. The van der Waals surface area contributed by atoms with Crippen molar-refractivity contribution < 1.29 is 27.4 Å². The summed E-state index contributed by atoms with van der Waals surface area (Å²) in [4.78, 5) is 15.8. The minimum Gasteiger partial charge on any atom is -0.424 e. The van der Waals surface area contributed by atoms with Crippen molar-refractivity contribution in [1.29, 1.82) is 0 Å². The van der Waals surface area contributed by atoms with Crippen LogP contribution in [0.5, 0.6) is 11.5 Å². The average molecular weight is 374 g/mol. The van der Waals surface area contributed by atoms with E-state index in [1.165, 1.54) is 30.6 Å². The molecule has 0 saturated carbocycles. The molecule has 1 aliphatic rings. The minimum absolute atomic E-state index is 0.0214. The molecule has 2 aromatic rings. The number of benzene rings is 1. The van der Waals surface area contributed by atoms with Crippen LogP contribution in [0.4, 0.5) is 18.0 Å². The molecule has 1 atom stereocenters. The number of nitrogens with zero attached hydrogens (tertiary/aromatic N) is 1. The molecule has 3 rings (SSSR count). The van der Waals surface area contributed by atoms with E-state index in [2.05, 4.69) is 10.3 Å². The Labute approximate surface area is 144 Å². The van der Waals surface area contributed by atoms with Crippen molar-refractivity contribution in [3.05, 3.63) is 53.3 Å². The zero-order valence-corrected chi connectivity index (χ0v) is 13.2. The smallest absolute Gasteiger partial charge is 0.424 e. The fourth-order valence-corrected chi connectivity index (χ4v) is 2.25. The Morgan fingerprint density at radius 2 is 2.00 bits per heavy atom. The van der Waals surface area contributed by atoms with Gasteiger partial charge in [0.2, 0.25) is 0 Å². The van der Waals surface area contributed by atoms with E-state index in [0.29, 0.717) is 5.56 Å². The van der Waals surface area contributed by atoms with Gasteiger partial charge < -0.3 is 14.8 Å². The molecule has 0 unspecified atom stereocenters. The van der Waals surface area contributed by atoms with Crippen LogP contribution in [-0.2, 0) is 6.54 Å². The Kier molecular flexibility index (Phi) is 4.34. The first-order chi connectivity index (χ1) is 11.8. The van der Waals surface area contributed by atoms with Gasteiger partial charge in [0.1, 0.15) is 0 Å². The topological polar surface area (TPSA) is 72.5 Å². The zero-order chi connectivity index (χ0) is 18.1. The molecule has 2 amide bonds. The number of hydrogen-bond acceptors (Lipinski definition) is 4. The van der Waals surface area contributed by atoms with Crippen LogP contribution in [0.25, 0.3) is 0 Å². The highest BCUT2D eigenvalue weighted by molar-refractivity contribution is 6.30. The largest absolute Gasteiger partial charge is 0.492 e. The van der Waals surface area contributed by atoms with Crippen LogP contribution >= 0.6 is 11.6 Å². The van der Waals surface area contributed by atoms with Gasteiger partial charge in [-0.05, 0) is 23.8 Å². The SMILES string of the molecule is O=C(NCc1cccnc1)N[C@@]1(C(F)(F)F)Oc2ccc(Cl)cc2O1. The zero-order valence-electron chi connectivity index (χ0n) is 12.4. The van der Waals surface area contributed by atoms with Gasteiger partial charge in [-0.3, -0.25) is 10.3 Å². The number of alkyl halides is 3. The van der Waals surface area contributed by atoms with Crippen molar-refractivity contribution in [2.45, 2.75) is 18.6 Å². The molecule has 2 N–H and O–H groups in total. The van der Waals surface area contributed by atoms with Gasteiger partial charge in [0.05, 0.1) is 0 Å². The van der Waals surface area contributed by atoms with Gasteiger partial charge >= 0.3 is 18.1 Å². The second kappa shape index (κ2) is 6.32. The van der Waals surface area contributed by atoms with Crippen LogP contribution in [0.3, 0.4) is 0 Å². The first-order valence-electron chi connectivity index (χ1n) is 6.98. The highest BCUT2D eigenvalue weighted by atomic mass is 35.5. The lowest BCUT2D eigenvalue weighted by atomic mass is 10.3. The Bertz CT molecular complexity index is 789. The van der Waals surface area contributed by atoms with Gasteiger partial charge in [0.25, 0.3) is 0 Å². The normalized spacial score (nSPS) is 18.7. The molecule has 0 aliphatic carbocycles. The highest BCUT2D eigenvalue weighted by Crippen LogP contribution is 2.45. The summed E-state index contributed by atoms with van der Waals surface area (Å²) in [5.41, 5.74) is 0.613. The molecule has 0 bridgehead atoms. The Hall–Kier alpha value is -2.68.